The van der Waals surface area contributed by atoms with Crippen LogP contribution in [-0.2, 0) is 23.8 Å². The average Bonchev–Trinajstić information content (AvgIpc) is 3.41. The molecule has 0 saturated carbocycles. The fourth-order valence-corrected chi connectivity index (χ4v) is 8.31. The van der Waals surface area contributed by atoms with Gasteiger partial charge in [-0.05, 0) is 83.5 Å². The van der Waals surface area contributed by atoms with Crippen LogP contribution in [0.25, 0.3) is 0 Å². The standard InChI is InChI=1S/C64H105NO10/c1-4-7-10-13-16-19-22-25-26-27-28-29-30-31-32-34-37-40-43-46-49-52-59(69)75-62-61(71)60(70)58(53-66)74-64(62)73-54-55(56(67)50-47-44-41-38-36-33-23-20-17-14-11-8-5-2)65-63(72)57(68)51-48-45-42-39-35-24-21-18-15-12-9-6-3/h9,12,15-16,18-19,21,24-26,28-29,31-32,35,39,42,45,47,50,55-58,60-62,64,66-68,70-71H,4-8,10-11,13-14,17,20,22-23,27,30,33-34,36-38,40-41,43-44,46,48-49,51-54H2,1-3H3,(H,65,72)/b12-9+,18-15+,19-16-,24-21-,26-25-,29-28-,32-31-,39-35-,45-42+,50-47+. The number of unbranched alkanes of at least 4 members (excludes halogenated alkanes) is 19. The molecule has 6 N–H and O–H groups in total. The highest BCUT2D eigenvalue weighted by atomic mass is 16.7. The zero-order chi connectivity index (χ0) is 54.7. The number of ether oxygens (including phenoxy) is 3. The maximum Gasteiger partial charge on any atom is 0.306 e. The van der Waals surface area contributed by atoms with Crippen molar-refractivity contribution in [2.75, 3.05) is 13.2 Å². The highest BCUT2D eigenvalue weighted by Gasteiger charge is 2.47. The van der Waals surface area contributed by atoms with Crippen molar-refractivity contribution in [1.29, 1.82) is 0 Å². The highest BCUT2D eigenvalue weighted by molar-refractivity contribution is 5.80. The van der Waals surface area contributed by atoms with Crippen LogP contribution in [0.2, 0.25) is 0 Å². The van der Waals surface area contributed by atoms with Crippen molar-refractivity contribution < 1.29 is 49.3 Å². The number of aliphatic hydroxyl groups excluding tert-OH is 5. The molecule has 0 spiro atoms. The van der Waals surface area contributed by atoms with Crippen LogP contribution >= 0.6 is 0 Å². The topological polar surface area (TPSA) is 175 Å². The Morgan fingerprint density at radius 2 is 1.01 bits per heavy atom. The minimum atomic E-state index is -1.64. The minimum Gasteiger partial charge on any atom is -0.454 e. The van der Waals surface area contributed by atoms with Gasteiger partial charge in [0, 0.05) is 6.42 Å². The summed E-state index contributed by atoms with van der Waals surface area (Å²) in [4.78, 5) is 26.4. The van der Waals surface area contributed by atoms with Crippen LogP contribution in [0, 0.1) is 0 Å². The van der Waals surface area contributed by atoms with Crippen LogP contribution in [-0.4, -0.2) is 99.6 Å². The quantitative estimate of drug-likeness (QED) is 0.0149. The van der Waals surface area contributed by atoms with E-state index < -0.39 is 67.4 Å². The molecule has 75 heavy (non-hydrogen) atoms. The number of carbonyl (C=O) groups is 2. The molecule has 0 aromatic heterocycles. The monoisotopic (exact) mass is 1050 g/mol. The number of hydrogen-bond acceptors (Lipinski definition) is 10. The number of allylic oxidation sites excluding steroid dienone is 19. The van der Waals surface area contributed by atoms with Crippen molar-refractivity contribution in [3.63, 3.8) is 0 Å². The normalized spacial score (nSPS) is 20.1. The molecule has 1 amide bonds. The largest absolute Gasteiger partial charge is 0.454 e. The molecule has 1 saturated heterocycles. The molecule has 11 nitrogen and oxygen atoms in total. The number of carbonyl (C=O) groups excluding carboxylic acids is 2. The first-order valence-corrected chi connectivity index (χ1v) is 29.4. The fraction of sp³-hybridized carbons (Fsp3) is 0.656. The van der Waals surface area contributed by atoms with Crippen LogP contribution in [0.5, 0.6) is 0 Å². The van der Waals surface area contributed by atoms with Crippen LogP contribution < -0.4 is 5.32 Å². The van der Waals surface area contributed by atoms with E-state index in [9.17, 15) is 35.1 Å². The summed E-state index contributed by atoms with van der Waals surface area (Å²) >= 11 is 0. The maximum atomic E-state index is 13.3. The van der Waals surface area contributed by atoms with Gasteiger partial charge < -0.3 is 45.1 Å². The van der Waals surface area contributed by atoms with Gasteiger partial charge in [-0.3, -0.25) is 9.59 Å². The summed E-state index contributed by atoms with van der Waals surface area (Å²) in [7, 11) is 0. The van der Waals surface area contributed by atoms with E-state index in [-0.39, 0.29) is 19.4 Å². The number of aliphatic hydroxyl groups is 5. The third kappa shape index (κ3) is 39.1. The van der Waals surface area contributed by atoms with Gasteiger partial charge >= 0.3 is 5.97 Å². The number of hydrogen-bond donors (Lipinski definition) is 6. The summed E-state index contributed by atoms with van der Waals surface area (Å²) in [5.41, 5.74) is 0. The fourth-order valence-electron chi connectivity index (χ4n) is 8.31. The molecule has 8 atom stereocenters. The van der Waals surface area contributed by atoms with Gasteiger partial charge in [0.15, 0.2) is 12.4 Å². The van der Waals surface area contributed by atoms with E-state index in [0.29, 0.717) is 12.8 Å². The SMILES string of the molecule is CC/C=C/C=C/C=C\C=C/C=C/CCC(O)C(=O)NC(COC1OC(CO)C(O)C(O)C1OC(=O)CCCCCCC/C=C\C/C=C\C/C=C\C/C=C\CCCCC)C(O)/C=C/CCCCCCCCCCCCC. The molecule has 0 bridgehead atoms. The van der Waals surface area contributed by atoms with E-state index in [2.05, 4.69) is 80.8 Å². The van der Waals surface area contributed by atoms with Crippen LogP contribution in [0.1, 0.15) is 207 Å². The Morgan fingerprint density at radius 1 is 0.547 bits per heavy atom. The van der Waals surface area contributed by atoms with Crippen molar-refractivity contribution >= 4 is 11.9 Å². The van der Waals surface area contributed by atoms with Gasteiger partial charge in [0.05, 0.1) is 25.4 Å². The zero-order valence-electron chi connectivity index (χ0n) is 46.9. The van der Waals surface area contributed by atoms with E-state index in [1.54, 1.807) is 6.08 Å². The van der Waals surface area contributed by atoms with Crippen LogP contribution in [0.3, 0.4) is 0 Å². The Morgan fingerprint density at radius 3 is 1.56 bits per heavy atom. The first-order valence-electron chi connectivity index (χ1n) is 29.4. The van der Waals surface area contributed by atoms with E-state index >= 15 is 0 Å². The highest BCUT2D eigenvalue weighted by Crippen LogP contribution is 2.26. The summed E-state index contributed by atoms with van der Waals surface area (Å²) in [6.45, 7) is 5.53. The zero-order valence-corrected chi connectivity index (χ0v) is 46.9. The molecule has 1 heterocycles. The lowest BCUT2D eigenvalue weighted by atomic mass is 9.99. The molecule has 0 radical (unpaired) electrons. The van der Waals surface area contributed by atoms with E-state index in [4.69, 9.17) is 14.2 Å². The van der Waals surface area contributed by atoms with Gasteiger partial charge in [-0.15, -0.1) is 0 Å². The van der Waals surface area contributed by atoms with Gasteiger partial charge in [0.2, 0.25) is 5.91 Å². The summed E-state index contributed by atoms with van der Waals surface area (Å²) in [6, 6.07) is -1.07. The summed E-state index contributed by atoms with van der Waals surface area (Å²) in [5, 5.41) is 56.7. The average molecular weight is 1050 g/mol. The Hall–Kier alpha value is -3.94. The number of rotatable bonds is 47. The first kappa shape index (κ1) is 69.1. The summed E-state index contributed by atoms with van der Waals surface area (Å²) in [5.74, 6) is -1.30. The molecule has 1 aliphatic rings. The molecule has 0 aliphatic carbocycles. The van der Waals surface area contributed by atoms with Gasteiger partial charge in [-0.1, -0.05) is 239 Å². The molecule has 1 fully saturated rings. The molecule has 426 valence electrons. The van der Waals surface area contributed by atoms with Gasteiger partial charge in [-0.25, -0.2) is 0 Å². The molecular formula is C64H105NO10. The maximum absolute atomic E-state index is 13.3. The third-order valence-electron chi connectivity index (χ3n) is 13.0. The number of amides is 1. The van der Waals surface area contributed by atoms with Crippen LogP contribution in [0.15, 0.2) is 122 Å². The lowest BCUT2D eigenvalue weighted by Gasteiger charge is -2.41. The van der Waals surface area contributed by atoms with E-state index in [1.165, 1.54) is 77.0 Å². The van der Waals surface area contributed by atoms with Crippen molar-refractivity contribution in [2.45, 2.75) is 256 Å². The van der Waals surface area contributed by atoms with Crippen molar-refractivity contribution in [3.8, 4) is 0 Å². The molecular weight excluding hydrogens is 943 g/mol. The Labute approximate surface area is 455 Å². The number of esters is 1. The van der Waals surface area contributed by atoms with Gasteiger partial charge in [0.25, 0.3) is 0 Å². The van der Waals surface area contributed by atoms with Crippen molar-refractivity contribution in [1.82, 2.24) is 5.32 Å². The predicted molar refractivity (Wildman–Crippen MR) is 310 cm³/mol. The van der Waals surface area contributed by atoms with E-state index in [0.717, 1.165) is 83.5 Å². The first-order chi connectivity index (χ1) is 36.7. The smallest absolute Gasteiger partial charge is 0.306 e. The van der Waals surface area contributed by atoms with Crippen LogP contribution in [0.4, 0.5) is 0 Å². The number of nitrogens with one attached hydrogen (secondary N) is 1. The second-order valence-corrected chi connectivity index (χ2v) is 19.8. The molecule has 1 aliphatic heterocycles. The Bertz CT molecular complexity index is 1680. The predicted octanol–water partition coefficient (Wildman–Crippen LogP) is 13.5. The molecule has 0 aromatic rings. The van der Waals surface area contributed by atoms with Gasteiger partial charge in [0.1, 0.15) is 24.4 Å². The molecule has 0 aromatic carbocycles. The molecule has 1 rings (SSSR count). The Balaban J connectivity index is 2.75. The van der Waals surface area contributed by atoms with Gasteiger partial charge in [-0.2, -0.15) is 0 Å². The molecule has 11 heteroatoms. The second-order valence-electron chi connectivity index (χ2n) is 19.8. The van der Waals surface area contributed by atoms with Crippen molar-refractivity contribution in [3.05, 3.63) is 122 Å². The summed E-state index contributed by atoms with van der Waals surface area (Å²) < 4.78 is 17.5. The van der Waals surface area contributed by atoms with Crippen molar-refractivity contribution in [2.24, 2.45) is 0 Å². The summed E-state index contributed by atoms with van der Waals surface area (Å²) in [6.07, 6.45) is 59.7. The lowest BCUT2D eigenvalue weighted by Crippen LogP contribution is -2.61. The molecule has 8 unspecified atom stereocenters. The second kappa shape index (κ2) is 50.9. The third-order valence-corrected chi connectivity index (χ3v) is 13.0. The Kier molecular flexibility index (Phi) is 46.8. The minimum absolute atomic E-state index is 0.0865. The van der Waals surface area contributed by atoms with E-state index in [1.807, 2.05) is 60.8 Å². The lowest BCUT2D eigenvalue weighted by molar-refractivity contribution is -0.305.